The summed E-state index contributed by atoms with van der Waals surface area (Å²) >= 11 is 5.87. The minimum absolute atomic E-state index is 0.0463. The zero-order chi connectivity index (χ0) is 10.7. The number of nitrogens with zero attached hydrogens (tertiary/aromatic N) is 1. The van der Waals surface area contributed by atoms with Gasteiger partial charge in [-0.2, -0.15) is 0 Å². The molecule has 0 bridgehead atoms. The molecule has 2 N–H and O–H groups in total. The van der Waals surface area contributed by atoms with Crippen molar-refractivity contribution in [3.63, 3.8) is 0 Å². The Labute approximate surface area is 86.8 Å². The fourth-order valence-electron chi connectivity index (χ4n) is 1.18. The van der Waals surface area contributed by atoms with Crippen molar-refractivity contribution in [3.05, 3.63) is 38.9 Å². The Kier molecular flexibility index (Phi) is 3.43. The Morgan fingerprint density at radius 1 is 1.64 bits per heavy atom. The fraction of sp³-hybridized carbons (Fsp3) is 0.333. The first-order chi connectivity index (χ1) is 6.50. The van der Waals surface area contributed by atoms with Crippen LogP contribution in [-0.2, 0) is 6.42 Å². The molecule has 76 valence electrons. The quantitative estimate of drug-likeness (QED) is 0.619. The van der Waals surface area contributed by atoms with Gasteiger partial charge in [0.25, 0.3) is 5.69 Å². The molecule has 1 rings (SSSR count). The Hall–Kier alpha value is -1.13. The highest BCUT2D eigenvalue weighted by molar-refractivity contribution is 6.31. The topological polar surface area (TPSA) is 69.2 Å². The average Bonchev–Trinajstić information content (AvgIpc) is 2.07. The average molecular weight is 215 g/mol. The fourth-order valence-corrected chi connectivity index (χ4v) is 1.37. The van der Waals surface area contributed by atoms with Crippen LogP contribution < -0.4 is 5.73 Å². The predicted molar refractivity (Wildman–Crippen MR) is 55.5 cm³/mol. The SMILES string of the molecule is CC(N)Cc1cc([N+](=O)[O-])ccc1Cl. The maximum absolute atomic E-state index is 10.5. The van der Waals surface area contributed by atoms with Gasteiger partial charge < -0.3 is 5.73 Å². The molecule has 0 saturated heterocycles. The molecule has 4 nitrogen and oxygen atoms in total. The highest BCUT2D eigenvalue weighted by atomic mass is 35.5. The third-order valence-electron chi connectivity index (χ3n) is 1.78. The van der Waals surface area contributed by atoms with Crippen LogP contribution in [0, 0.1) is 10.1 Å². The van der Waals surface area contributed by atoms with Gasteiger partial charge in [-0.15, -0.1) is 0 Å². The lowest BCUT2D eigenvalue weighted by Gasteiger charge is -2.06. The first kappa shape index (κ1) is 10.9. The van der Waals surface area contributed by atoms with Gasteiger partial charge in [0.05, 0.1) is 4.92 Å². The summed E-state index contributed by atoms with van der Waals surface area (Å²) < 4.78 is 0. The monoisotopic (exact) mass is 214 g/mol. The van der Waals surface area contributed by atoms with Gasteiger partial charge in [-0.25, -0.2) is 0 Å². The van der Waals surface area contributed by atoms with Gasteiger partial charge in [0.15, 0.2) is 0 Å². The lowest BCUT2D eigenvalue weighted by atomic mass is 10.1. The van der Waals surface area contributed by atoms with Crippen LogP contribution >= 0.6 is 11.6 Å². The maximum atomic E-state index is 10.5. The third kappa shape index (κ3) is 2.68. The Morgan fingerprint density at radius 3 is 2.79 bits per heavy atom. The molecule has 1 aromatic carbocycles. The summed E-state index contributed by atoms with van der Waals surface area (Å²) in [7, 11) is 0. The largest absolute Gasteiger partial charge is 0.328 e. The summed E-state index contributed by atoms with van der Waals surface area (Å²) in [6.07, 6.45) is 0.542. The summed E-state index contributed by atoms with van der Waals surface area (Å²) in [5, 5.41) is 11.0. The minimum Gasteiger partial charge on any atom is -0.328 e. The molecule has 0 fully saturated rings. The van der Waals surface area contributed by atoms with Gasteiger partial charge >= 0.3 is 0 Å². The van der Waals surface area contributed by atoms with E-state index < -0.39 is 4.92 Å². The molecule has 0 spiro atoms. The van der Waals surface area contributed by atoms with Crippen molar-refractivity contribution >= 4 is 17.3 Å². The van der Waals surface area contributed by atoms with E-state index in [4.69, 9.17) is 17.3 Å². The van der Waals surface area contributed by atoms with Gasteiger partial charge in [0.1, 0.15) is 0 Å². The zero-order valence-corrected chi connectivity index (χ0v) is 8.49. The molecule has 5 heteroatoms. The van der Waals surface area contributed by atoms with E-state index in [1.807, 2.05) is 6.92 Å². The Balaban J connectivity index is 3.02. The minimum atomic E-state index is -0.443. The van der Waals surface area contributed by atoms with Crippen LogP contribution in [-0.4, -0.2) is 11.0 Å². The van der Waals surface area contributed by atoms with Crippen molar-refractivity contribution in [3.8, 4) is 0 Å². The van der Waals surface area contributed by atoms with Gasteiger partial charge in [-0.1, -0.05) is 11.6 Å². The highest BCUT2D eigenvalue weighted by Gasteiger charge is 2.10. The van der Waals surface area contributed by atoms with Crippen LogP contribution in [0.5, 0.6) is 0 Å². The van der Waals surface area contributed by atoms with Crippen LogP contribution in [0.25, 0.3) is 0 Å². The molecule has 0 heterocycles. The molecular weight excluding hydrogens is 204 g/mol. The van der Waals surface area contributed by atoms with E-state index in [1.165, 1.54) is 18.2 Å². The molecule has 1 aromatic rings. The normalized spacial score (nSPS) is 12.5. The van der Waals surface area contributed by atoms with Crippen molar-refractivity contribution in [2.75, 3.05) is 0 Å². The molecule has 0 amide bonds. The number of hydrogen-bond donors (Lipinski definition) is 1. The number of nitro benzene ring substituents is 1. The van der Waals surface area contributed by atoms with Crippen molar-refractivity contribution in [2.45, 2.75) is 19.4 Å². The zero-order valence-electron chi connectivity index (χ0n) is 7.74. The molecule has 0 saturated carbocycles. The number of non-ortho nitro benzene ring substituents is 1. The number of rotatable bonds is 3. The summed E-state index contributed by atoms with van der Waals surface area (Å²) in [5.74, 6) is 0. The Morgan fingerprint density at radius 2 is 2.29 bits per heavy atom. The Bertz CT molecular complexity index is 353. The van der Waals surface area contributed by atoms with Crippen molar-refractivity contribution in [1.29, 1.82) is 0 Å². The van der Waals surface area contributed by atoms with Gasteiger partial charge in [-0.05, 0) is 25.0 Å². The van der Waals surface area contributed by atoms with Crippen molar-refractivity contribution in [2.24, 2.45) is 5.73 Å². The van der Waals surface area contributed by atoms with Crippen molar-refractivity contribution < 1.29 is 4.92 Å². The molecule has 0 aliphatic heterocycles. The molecule has 0 aliphatic carbocycles. The van der Waals surface area contributed by atoms with Crippen LogP contribution in [0.15, 0.2) is 18.2 Å². The van der Waals surface area contributed by atoms with E-state index in [9.17, 15) is 10.1 Å². The van der Waals surface area contributed by atoms with E-state index in [0.717, 1.165) is 5.56 Å². The number of nitro groups is 1. The standard InChI is InChI=1S/C9H11ClN2O2/c1-6(11)4-7-5-8(12(13)14)2-3-9(7)10/h2-3,5-6H,4,11H2,1H3. The second kappa shape index (κ2) is 4.39. The second-order valence-electron chi connectivity index (χ2n) is 3.21. The van der Waals surface area contributed by atoms with Gasteiger partial charge in [-0.3, -0.25) is 10.1 Å². The third-order valence-corrected chi connectivity index (χ3v) is 2.15. The molecule has 1 atom stereocenters. The molecule has 1 unspecified atom stereocenters. The summed E-state index contributed by atoms with van der Waals surface area (Å²) in [4.78, 5) is 10.0. The molecule has 0 radical (unpaired) electrons. The summed E-state index contributed by atoms with van der Waals surface area (Å²) in [6.45, 7) is 1.83. The van der Waals surface area contributed by atoms with E-state index in [0.29, 0.717) is 11.4 Å². The van der Waals surface area contributed by atoms with Gasteiger partial charge in [0.2, 0.25) is 0 Å². The van der Waals surface area contributed by atoms with Crippen LogP contribution in [0.2, 0.25) is 5.02 Å². The lowest BCUT2D eigenvalue weighted by molar-refractivity contribution is -0.384. The van der Waals surface area contributed by atoms with E-state index >= 15 is 0 Å². The van der Waals surface area contributed by atoms with E-state index in [-0.39, 0.29) is 11.7 Å². The van der Waals surface area contributed by atoms with E-state index in [1.54, 1.807) is 0 Å². The second-order valence-corrected chi connectivity index (χ2v) is 3.62. The number of halogens is 1. The number of benzene rings is 1. The highest BCUT2D eigenvalue weighted by Crippen LogP contribution is 2.22. The van der Waals surface area contributed by atoms with Crippen LogP contribution in [0.3, 0.4) is 0 Å². The van der Waals surface area contributed by atoms with E-state index in [2.05, 4.69) is 0 Å². The smallest absolute Gasteiger partial charge is 0.269 e. The summed E-state index contributed by atoms with van der Waals surface area (Å²) in [6, 6.07) is 4.31. The molecule has 14 heavy (non-hydrogen) atoms. The first-order valence-corrected chi connectivity index (χ1v) is 4.57. The maximum Gasteiger partial charge on any atom is 0.269 e. The van der Waals surface area contributed by atoms with Crippen LogP contribution in [0.4, 0.5) is 5.69 Å². The first-order valence-electron chi connectivity index (χ1n) is 4.19. The number of hydrogen-bond acceptors (Lipinski definition) is 3. The molecular formula is C9H11ClN2O2. The lowest BCUT2D eigenvalue weighted by Crippen LogP contribution is -2.18. The predicted octanol–water partition coefficient (Wildman–Crippen LogP) is 2.14. The van der Waals surface area contributed by atoms with Crippen LogP contribution in [0.1, 0.15) is 12.5 Å². The number of nitrogens with two attached hydrogens (primary N) is 1. The van der Waals surface area contributed by atoms with Gasteiger partial charge in [0, 0.05) is 23.2 Å². The van der Waals surface area contributed by atoms with Crippen molar-refractivity contribution in [1.82, 2.24) is 0 Å². The summed E-state index contributed by atoms with van der Waals surface area (Å²) in [5.41, 5.74) is 6.36. The molecule has 0 aromatic heterocycles. The molecule has 0 aliphatic rings.